The van der Waals surface area contributed by atoms with E-state index in [1.807, 2.05) is 0 Å². The van der Waals surface area contributed by atoms with Crippen molar-refractivity contribution >= 4 is 0 Å². The predicted molar refractivity (Wildman–Crippen MR) is 61.0 cm³/mol. The molecule has 0 aliphatic rings. The van der Waals surface area contributed by atoms with E-state index in [2.05, 4.69) is 13.8 Å². The van der Waals surface area contributed by atoms with Crippen molar-refractivity contribution in [2.75, 3.05) is 0 Å². The lowest BCUT2D eigenvalue weighted by molar-refractivity contribution is 0.102. The van der Waals surface area contributed by atoms with Crippen LogP contribution in [0.4, 0.5) is 0 Å². The fraction of sp³-hybridized carbons (Fsp3) is 1.00. The summed E-state index contributed by atoms with van der Waals surface area (Å²) < 4.78 is 0. The molecule has 0 atom stereocenters. The van der Waals surface area contributed by atoms with Crippen LogP contribution >= 0.6 is 0 Å². The summed E-state index contributed by atoms with van der Waals surface area (Å²) >= 11 is 0. The Bertz CT molecular complexity index is 69.6. The maximum absolute atomic E-state index is 8.52. The van der Waals surface area contributed by atoms with Crippen LogP contribution in [-0.4, -0.2) is 10.7 Å². The Balaban J connectivity index is 0. The van der Waals surface area contributed by atoms with E-state index in [-0.39, 0.29) is 0 Å². The summed E-state index contributed by atoms with van der Waals surface area (Å²) in [6, 6.07) is 0. The van der Waals surface area contributed by atoms with Gasteiger partial charge in [0.1, 0.15) is 0 Å². The van der Waals surface area contributed by atoms with E-state index in [4.69, 9.17) is 5.11 Å². The molecule has 0 aromatic heterocycles. The predicted octanol–water partition coefficient (Wildman–Crippen LogP) is 4.14. The third kappa shape index (κ3) is 48.2. The summed E-state index contributed by atoms with van der Waals surface area (Å²) in [5.74, 6) is 0. The Labute approximate surface area is 84.6 Å². The van der Waals surface area contributed by atoms with Crippen LogP contribution in [0.1, 0.15) is 73.1 Å². The summed E-state index contributed by atoms with van der Waals surface area (Å²) in [4.78, 5) is 0. The lowest BCUT2D eigenvalue weighted by Crippen LogP contribution is -2.10. The maximum atomic E-state index is 8.52. The lowest BCUT2D eigenvalue weighted by Gasteiger charge is -2.04. The largest absolute Gasteiger partial charge is 0.391 e. The van der Waals surface area contributed by atoms with Gasteiger partial charge < -0.3 is 5.11 Å². The molecular formula is C12H28O. The highest BCUT2D eigenvalue weighted by Gasteiger charge is 1.97. The molecule has 13 heavy (non-hydrogen) atoms. The highest BCUT2D eigenvalue weighted by molar-refractivity contribution is 4.50. The molecule has 0 aromatic rings. The SMILES string of the molecule is CC(C)(C)O.CCCCCCCC. The minimum atomic E-state index is -0.500. The van der Waals surface area contributed by atoms with Gasteiger partial charge in [0.25, 0.3) is 0 Å². The molecular weight excluding hydrogens is 160 g/mol. The van der Waals surface area contributed by atoms with E-state index in [1.165, 1.54) is 38.5 Å². The monoisotopic (exact) mass is 188 g/mol. The van der Waals surface area contributed by atoms with Gasteiger partial charge in [-0.1, -0.05) is 52.4 Å². The molecule has 1 heteroatoms. The summed E-state index contributed by atoms with van der Waals surface area (Å²) in [7, 11) is 0. The van der Waals surface area contributed by atoms with Gasteiger partial charge in [0.2, 0.25) is 0 Å². The summed E-state index contributed by atoms with van der Waals surface area (Å²) in [5, 5.41) is 8.52. The van der Waals surface area contributed by atoms with Crippen molar-refractivity contribution in [2.45, 2.75) is 78.7 Å². The van der Waals surface area contributed by atoms with Gasteiger partial charge in [-0.15, -0.1) is 0 Å². The highest BCUT2D eigenvalue weighted by atomic mass is 16.3. The van der Waals surface area contributed by atoms with Gasteiger partial charge in [0, 0.05) is 0 Å². The molecule has 0 aliphatic heterocycles. The minimum absolute atomic E-state index is 0.500. The fourth-order valence-corrected chi connectivity index (χ4v) is 0.854. The van der Waals surface area contributed by atoms with E-state index >= 15 is 0 Å². The third-order valence-corrected chi connectivity index (χ3v) is 1.46. The second kappa shape index (κ2) is 10.0. The molecule has 0 saturated heterocycles. The average Bonchev–Trinajstić information content (AvgIpc) is 1.95. The molecule has 0 fully saturated rings. The minimum Gasteiger partial charge on any atom is -0.391 e. The molecule has 0 saturated carbocycles. The van der Waals surface area contributed by atoms with Gasteiger partial charge in [-0.05, 0) is 20.8 Å². The highest BCUT2D eigenvalue weighted by Crippen LogP contribution is 2.03. The molecule has 0 aliphatic carbocycles. The van der Waals surface area contributed by atoms with Crippen molar-refractivity contribution < 1.29 is 5.11 Å². The molecule has 0 aromatic carbocycles. The van der Waals surface area contributed by atoms with Crippen molar-refractivity contribution in [3.05, 3.63) is 0 Å². The molecule has 0 rings (SSSR count). The topological polar surface area (TPSA) is 20.2 Å². The lowest BCUT2D eigenvalue weighted by atomic mass is 10.1. The van der Waals surface area contributed by atoms with Crippen molar-refractivity contribution in [1.82, 2.24) is 0 Å². The molecule has 0 bridgehead atoms. The van der Waals surface area contributed by atoms with Gasteiger partial charge >= 0.3 is 0 Å². The van der Waals surface area contributed by atoms with E-state index in [1.54, 1.807) is 20.8 Å². The van der Waals surface area contributed by atoms with Crippen LogP contribution in [-0.2, 0) is 0 Å². The van der Waals surface area contributed by atoms with Crippen LogP contribution in [0, 0.1) is 0 Å². The van der Waals surface area contributed by atoms with Crippen molar-refractivity contribution in [3.63, 3.8) is 0 Å². The summed E-state index contributed by atoms with van der Waals surface area (Å²) in [6.07, 6.45) is 8.49. The first kappa shape index (κ1) is 15.4. The van der Waals surface area contributed by atoms with Crippen LogP contribution in [0.2, 0.25) is 0 Å². The zero-order valence-corrected chi connectivity index (χ0v) is 10.2. The third-order valence-electron chi connectivity index (χ3n) is 1.46. The molecule has 1 nitrogen and oxygen atoms in total. The van der Waals surface area contributed by atoms with Gasteiger partial charge in [0.05, 0.1) is 5.60 Å². The smallest absolute Gasteiger partial charge is 0.0563 e. The molecule has 0 unspecified atom stereocenters. The van der Waals surface area contributed by atoms with E-state index in [0.717, 1.165) is 0 Å². The van der Waals surface area contributed by atoms with Crippen molar-refractivity contribution in [3.8, 4) is 0 Å². The van der Waals surface area contributed by atoms with Crippen LogP contribution in [0.25, 0.3) is 0 Å². The zero-order valence-electron chi connectivity index (χ0n) is 10.2. The number of unbranched alkanes of at least 4 members (excludes halogenated alkanes) is 5. The van der Waals surface area contributed by atoms with Gasteiger partial charge in [-0.3, -0.25) is 0 Å². The van der Waals surface area contributed by atoms with Crippen LogP contribution < -0.4 is 0 Å². The quantitative estimate of drug-likeness (QED) is 0.643. The van der Waals surface area contributed by atoms with Crippen LogP contribution in [0.3, 0.4) is 0 Å². The van der Waals surface area contributed by atoms with E-state index in [0.29, 0.717) is 0 Å². The van der Waals surface area contributed by atoms with Crippen molar-refractivity contribution in [1.29, 1.82) is 0 Å². The first-order valence-corrected chi connectivity index (χ1v) is 5.64. The molecule has 0 heterocycles. The Morgan fingerprint density at radius 1 is 0.769 bits per heavy atom. The van der Waals surface area contributed by atoms with Gasteiger partial charge in [-0.25, -0.2) is 0 Å². The Morgan fingerprint density at radius 2 is 1.00 bits per heavy atom. The van der Waals surface area contributed by atoms with Crippen LogP contribution in [0.5, 0.6) is 0 Å². The Hall–Kier alpha value is -0.0400. The first-order chi connectivity index (χ1) is 5.91. The molecule has 0 radical (unpaired) electrons. The Morgan fingerprint density at radius 3 is 1.15 bits per heavy atom. The average molecular weight is 188 g/mol. The standard InChI is InChI=1S/C8H18.C4H10O/c1-3-5-7-8-6-4-2;1-4(2,3)5/h3-8H2,1-2H3;5H,1-3H3. The number of hydrogen-bond acceptors (Lipinski definition) is 1. The summed E-state index contributed by atoms with van der Waals surface area (Å²) in [6.45, 7) is 9.74. The molecule has 1 N–H and O–H groups in total. The van der Waals surface area contributed by atoms with E-state index in [9.17, 15) is 0 Å². The zero-order chi connectivity index (χ0) is 10.7. The number of aliphatic hydroxyl groups is 1. The number of hydrogen-bond donors (Lipinski definition) is 1. The molecule has 0 amide bonds. The summed E-state index contributed by atoms with van der Waals surface area (Å²) in [5.41, 5.74) is -0.500. The number of rotatable bonds is 5. The normalized spacial score (nSPS) is 10.6. The Kier molecular flexibility index (Phi) is 11.9. The first-order valence-electron chi connectivity index (χ1n) is 5.64. The van der Waals surface area contributed by atoms with Gasteiger partial charge in [0.15, 0.2) is 0 Å². The van der Waals surface area contributed by atoms with E-state index < -0.39 is 5.60 Å². The van der Waals surface area contributed by atoms with Crippen LogP contribution in [0.15, 0.2) is 0 Å². The van der Waals surface area contributed by atoms with Gasteiger partial charge in [-0.2, -0.15) is 0 Å². The second-order valence-electron chi connectivity index (χ2n) is 4.59. The van der Waals surface area contributed by atoms with Crippen molar-refractivity contribution in [2.24, 2.45) is 0 Å². The second-order valence-corrected chi connectivity index (χ2v) is 4.59. The molecule has 82 valence electrons. The molecule has 0 spiro atoms. The maximum Gasteiger partial charge on any atom is 0.0563 e. The fourth-order valence-electron chi connectivity index (χ4n) is 0.854.